The smallest absolute Gasteiger partial charge is 0.278 e. The third kappa shape index (κ3) is 7.42. The van der Waals surface area contributed by atoms with E-state index in [4.69, 9.17) is 0 Å². The number of anilines is 1. The third-order valence-corrected chi connectivity index (χ3v) is 9.81. The molecule has 0 aliphatic carbocycles. The van der Waals surface area contributed by atoms with E-state index in [9.17, 15) is 18.4 Å². The minimum Gasteiger partial charge on any atom is -0.372 e. The number of allylic oxidation sites excluding steroid dienone is 1. The van der Waals surface area contributed by atoms with Crippen LogP contribution >= 0.6 is 0 Å². The van der Waals surface area contributed by atoms with Crippen LogP contribution in [0.2, 0.25) is 0 Å². The molecule has 1 aliphatic rings. The lowest BCUT2D eigenvalue weighted by atomic mass is 10.0. The normalized spacial score (nSPS) is 14.2. The predicted molar refractivity (Wildman–Crippen MR) is 190 cm³/mol. The summed E-state index contributed by atoms with van der Waals surface area (Å²) in [5.41, 5.74) is 3.52. The van der Waals surface area contributed by atoms with Crippen molar-refractivity contribution in [2.45, 2.75) is 51.6 Å². The zero-order chi connectivity index (χ0) is 35.5. The Balaban J connectivity index is 1.07. The molecule has 1 saturated heterocycles. The number of carbonyl (C=O) groups is 1. The highest BCUT2D eigenvalue weighted by molar-refractivity contribution is 5.97. The largest absolute Gasteiger partial charge is 0.372 e. The van der Waals surface area contributed by atoms with Crippen LogP contribution in [0.3, 0.4) is 0 Å². The van der Waals surface area contributed by atoms with Crippen LogP contribution in [0, 0.1) is 24.4 Å². The van der Waals surface area contributed by atoms with Gasteiger partial charge in [0.2, 0.25) is 0 Å². The number of Topliss-reactive ketones (excluding diaryl/α,β-unsaturated/α-hetero) is 1. The highest BCUT2D eigenvalue weighted by atomic mass is 19.2. The molecule has 0 amide bonds. The van der Waals surface area contributed by atoms with Crippen LogP contribution in [0.15, 0.2) is 71.7 Å². The predicted octanol–water partition coefficient (Wildman–Crippen LogP) is 6.70. The second-order valence-corrected chi connectivity index (χ2v) is 13.1. The molecule has 50 heavy (non-hydrogen) atoms. The van der Waals surface area contributed by atoms with Gasteiger partial charge in [-0.1, -0.05) is 30.4 Å². The van der Waals surface area contributed by atoms with Gasteiger partial charge in [-0.25, -0.2) is 27.8 Å². The maximum atomic E-state index is 15.5. The van der Waals surface area contributed by atoms with Crippen molar-refractivity contribution in [3.8, 4) is 0 Å². The van der Waals surface area contributed by atoms with E-state index in [0.717, 1.165) is 43.6 Å². The average Bonchev–Trinajstić information content (AvgIpc) is 3.32. The van der Waals surface area contributed by atoms with Crippen LogP contribution in [0.5, 0.6) is 0 Å². The number of benzene rings is 3. The highest BCUT2D eigenvalue weighted by Gasteiger charge is 2.22. The second-order valence-electron chi connectivity index (χ2n) is 13.1. The van der Waals surface area contributed by atoms with Crippen molar-refractivity contribution >= 4 is 28.4 Å². The zero-order valence-electron chi connectivity index (χ0n) is 28.8. The number of rotatable bonds is 11. The van der Waals surface area contributed by atoms with E-state index in [0.29, 0.717) is 46.0 Å². The monoisotopic (exact) mass is 682 g/mol. The first-order valence-electron chi connectivity index (χ1n) is 16.8. The molecule has 0 bridgehead atoms. The molecular formula is C39H41F3N6O2. The topological polar surface area (TPSA) is 76.3 Å². The van der Waals surface area contributed by atoms with Gasteiger partial charge in [-0.05, 0) is 93.8 Å². The van der Waals surface area contributed by atoms with Gasteiger partial charge in [-0.2, -0.15) is 0 Å². The van der Waals surface area contributed by atoms with Crippen LogP contribution in [0.25, 0.3) is 17.0 Å². The molecule has 11 heteroatoms. The van der Waals surface area contributed by atoms with Crippen molar-refractivity contribution in [3.05, 3.63) is 128 Å². The molecule has 8 nitrogen and oxygen atoms in total. The van der Waals surface area contributed by atoms with Crippen molar-refractivity contribution in [2.24, 2.45) is 7.05 Å². The Bertz CT molecular complexity index is 2110. The Hall–Kier alpha value is -5.03. The van der Waals surface area contributed by atoms with E-state index >= 15 is 4.39 Å². The van der Waals surface area contributed by atoms with Crippen molar-refractivity contribution in [3.63, 3.8) is 0 Å². The van der Waals surface area contributed by atoms with Gasteiger partial charge in [0.15, 0.2) is 17.4 Å². The maximum Gasteiger partial charge on any atom is 0.278 e. The minimum absolute atomic E-state index is 0.0172. The number of piperidine rings is 1. The molecular weight excluding hydrogens is 641 g/mol. The molecule has 0 atom stereocenters. The molecule has 1 aliphatic heterocycles. The van der Waals surface area contributed by atoms with E-state index < -0.39 is 23.0 Å². The van der Waals surface area contributed by atoms with Crippen LogP contribution < -0.4 is 10.5 Å². The van der Waals surface area contributed by atoms with E-state index in [1.807, 2.05) is 0 Å². The number of fused-ring (bicyclic) bond motifs is 1. The summed E-state index contributed by atoms with van der Waals surface area (Å²) in [4.78, 5) is 40.0. The molecule has 5 aromatic rings. The number of aromatic nitrogens is 4. The molecule has 3 aromatic carbocycles. The fraction of sp³-hybridized carbons (Fsp3) is 0.333. The van der Waals surface area contributed by atoms with Crippen molar-refractivity contribution in [2.75, 3.05) is 32.1 Å². The lowest BCUT2D eigenvalue weighted by Gasteiger charge is -2.36. The number of hydrogen-bond acceptors (Lipinski definition) is 6. The molecule has 0 N–H and O–H groups in total. The molecule has 6 rings (SSSR count). The van der Waals surface area contributed by atoms with Gasteiger partial charge in [0, 0.05) is 56.1 Å². The quantitative estimate of drug-likeness (QED) is 0.144. The fourth-order valence-corrected chi connectivity index (χ4v) is 6.59. The first-order chi connectivity index (χ1) is 24.0. The molecule has 2 aromatic heterocycles. The number of halogens is 3. The van der Waals surface area contributed by atoms with Gasteiger partial charge in [0.25, 0.3) is 5.56 Å². The molecule has 0 spiro atoms. The summed E-state index contributed by atoms with van der Waals surface area (Å²) >= 11 is 0. The Kier molecular flexibility index (Phi) is 10.3. The van der Waals surface area contributed by atoms with Gasteiger partial charge in [0.1, 0.15) is 17.2 Å². The first-order valence-corrected chi connectivity index (χ1v) is 16.8. The van der Waals surface area contributed by atoms with E-state index in [-0.39, 0.29) is 30.7 Å². The summed E-state index contributed by atoms with van der Waals surface area (Å²) < 4.78 is 45.4. The van der Waals surface area contributed by atoms with E-state index in [2.05, 4.69) is 58.1 Å². The number of carbonyl (C=O) groups excluding carboxylic acids is 1. The van der Waals surface area contributed by atoms with E-state index in [1.54, 1.807) is 38.3 Å². The van der Waals surface area contributed by atoms with E-state index in [1.165, 1.54) is 27.3 Å². The van der Waals surface area contributed by atoms with Gasteiger partial charge in [0.05, 0.1) is 17.4 Å². The number of nitrogens with zero attached hydrogens (tertiary/aromatic N) is 6. The van der Waals surface area contributed by atoms with Gasteiger partial charge < -0.3 is 9.80 Å². The van der Waals surface area contributed by atoms with Crippen LogP contribution in [0.1, 0.15) is 64.2 Å². The van der Waals surface area contributed by atoms with Crippen LogP contribution in [-0.2, 0) is 20.0 Å². The molecule has 0 unspecified atom stereocenters. The van der Waals surface area contributed by atoms with Gasteiger partial charge in [-0.15, -0.1) is 0 Å². The summed E-state index contributed by atoms with van der Waals surface area (Å²) in [6, 6.07) is 15.8. The SMILES string of the molecule is Cc1c(C(=O)CC/C=C/c2ccc3nc(Cc4ccc(N(C)C5CCN(C)CC5)cc4)ncc3c2F)c(=O)n(Cc2ccc(F)c(F)c2)n1C. The molecule has 0 saturated carbocycles. The molecule has 0 radical (unpaired) electrons. The fourth-order valence-electron chi connectivity index (χ4n) is 6.59. The Morgan fingerprint density at radius 3 is 2.42 bits per heavy atom. The van der Waals surface area contributed by atoms with Crippen molar-refractivity contribution in [1.29, 1.82) is 0 Å². The Labute approximate surface area is 289 Å². The third-order valence-electron chi connectivity index (χ3n) is 9.81. The number of ketones is 1. The zero-order valence-corrected chi connectivity index (χ0v) is 28.8. The van der Waals surface area contributed by atoms with Crippen molar-refractivity contribution < 1.29 is 18.0 Å². The molecule has 3 heterocycles. The average molecular weight is 683 g/mol. The summed E-state index contributed by atoms with van der Waals surface area (Å²) in [5, 5.41) is 0.309. The second kappa shape index (κ2) is 14.8. The van der Waals surface area contributed by atoms with Gasteiger partial charge in [-0.3, -0.25) is 14.3 Å². The Morgan fingerprint density at radius 2 is 1.70 bits per heavy atom. The van der Waals surface area contributed by atoms with Crippen molar-refractivity contribution in [1.82, 2.24) is 24.2 Å². The summed E-state index contributed by atoms with van der Waals surface area (Å²) in [7, 11) is 5.96. The maximum absolute atomic E-state index is 15.5. The molecule has 260 valence electrons. The number of likely N-dealkylation sites (tertiary alicyclic amines) is 1. The summed E-state index contributed by atoms with van der Waals surface area (Å²) in [6.07, 6.45) is 7.98. The standard InChI is InChI=1S/C39H41F3N6O2/c1-25-37(39(50)48(47(25)4)24-27-11-15-32(40)33(41)21-27)35(49)8-6-5-7-28-12-16-34-31(38(28)42)23-43-36(44-34)22-26-9-13-29(14-10-26)46(3)30-17-19-45(2)20-18-30/h5,7,9-16,21,23,30H,6,8,17-20,22,24H2,1-4H3/b7-5+. The lowest BCUT2D eigenvalue weighted by molar-refractivity contribution is 0.0982. The summed E-state index contributed by atoms with van der Waals surface area (Å²) in [6.45, 7) is 3.87. The first kappa shape index (κ1) is 34.8. The lowest BCUT2D eigenvalue weighted by Crippen LogP contribution is -2.41. The summed E-state index contributed by atoms with van der Waals surface area (Å²) in [5.74, 6) is -2.17. The van der Waals surface area contributed by atoms with Gasteiger partial charge >= 0.3 is 0 Å². The molecule has 1 fully saturated rings. The highest BCUT2D eigenvalue weighted by Crippen LogP contribution is 2.24. The van der Waals surface area contributed by atoms with Crippen LogP contribution in [0.4, 0.5) is 18.9 Å². The Morgan fingerprint density at radius 1 is 0.980 bits per heavy atom. The van der Waals surface area contributed by atoms with Crippen LogP contribution in [-0.4, -0.2) is 63.2 Å². The minimum atomic E-state index is -1.01. The number of hydrogen-bond donors (Lipinski definition) is 0.